The van der Waals surface area contributed by atoms with Crippen molar-refractivity contribution >= 4 is 11.8 Å². The Morgan fingerprint density at radius 3 is 2.89 bits per heavy atom. The fourth-order valence-electron chi connectivity index (χ4n) is 2.09. The highest BCUT2D eigenvalue weighted by Crippen LogP contribution is 2.16. The normalized spacial score (nSPS) is 17.6. The number of hydrogen-bond donors (Lipinski definition) is 2. The second-order valence-corrected chi connectivity index (χ2v) is 4.72. The van der Waals surface area contributed by atoms with Gasteiger partial charge in [0.25, 0.3) is 0 Å². The van der Waals surface area contributed by atoms with Gasteiger partial charge in [-0.15, -0.1) is 0 Å². The number of nitrogens with zero attached hydrogens (tertiary/aromatic N) is 3. The molecule has 0 bridgehead atoms. The Morgan fingerprint density at radius 1 is 1.50 bits per heavy atom. The third-order valence-corrected chi connectivity index (χ3v) is 3.30. The van der Waals surface area contributed by atoms with Crippen LogP contribution in [0.3, 0.4) is 0 Å². The van der Waals surface area contributed by atoms with Crippen LogP contribution in [0.5, 0.6) is 0 Å². The third-order valence-electron chi connectivity index (χ3n) is 3.30. The molecule has 2 N–H and O–H groups in total. The van der Waals surface area contributed by atoms with E-state index in [1.807, 2.05) is 0 Å². The van der Waals surface area contributed by atoms with Crippen molar-refractivity contribution in [3.8, 4) is 0 Å². The molecular weight excluding hydrogens is 232 g/mol. The van der Waals surface area contributed by atoms with Crippen molar-refractivity contribution in [2.75, 3.05) is 32.0 Å². The molecule has 1 fully saturated rings. The van der Waals surface area contributed by atoms with Crippen molar-refractivity contribution in [3.05, 3.63) is 18.1 Å². The fraction of sp³-hybridized carbons (Fsp3) is 0.583. The van der Waals surface area contributed by atoms with E-state index in [9.17, 15) is 4.79 Å². The maximum atomic E-state index is 10.8. The molecule has 0 spiro atoms. The number of aromatic nitrogens is 2. The quantitative estimate of drug-likeness (QED) is 0.827. The molecule has 6 nitrogen and oxygen atoms in total. The van der Waals surface area contributed by atoms with Gasteiger partial charge in [0.15, 0.2) is 5.69 Å². The van der Waals surface area contributed by atoms with Gasteiger partial charge in [-0.2, -0.15) is 0 Å². The number of anilines is 1. The maximum absolute atomic E-state index is 10.8. The molecule has 0 unspecified atom stereocenters. The van der Waals surface area contributed by atoms with Crippen molar-refractivity contribution in [2.45, 2.75) is 12.8 Å². The summed E-state index contributed by atoms with van der Waals surface area (Å²) in [6, 6.07) is 1.47. The summed E-state index contributed by atoms with van der Waals surface area (Å²) in [5, 5.41) is 12.0. The Balaban J connectivity index is 1.86. The summed E-state index contributed by atoms with van der Waals surface area (Å²) in [7, 11) is 2.13. The molecule has 0 amide bonds. The number of carboxylic acids is 1. The van der Waals surface area contributed by atoms with E-state index < -0.39 is 5.97 Å². The predicted molar refractivity (Wildman–Crippen MR) is 67.7 cm³/mol. The van der Waals surface area contributed by atoms with Crippen molar-refractivity contribution in [3.63, 3.8) is 0 Å². The van der Waals surface area contributed by atoms with Crippen LogP contribution in [-0.2, 0) is 0 Å². The number of nitrogens with one attached hydrogen (secondary N) is 1. The first-order valence-electron chi connectivity index (χ1n) is 6.13. The minimum absolute atomic E-state index is 0.0240. The molecular formula is C12H18N4O2. The number of carbonyl (C=O) groups is 1. The zero-order valence-corrected chi connectivity index (χ0v) is 10.5. The molecule has 6 heteroatoms. The van der Waals surface area contributed by atoms with Gasteiger partial charge in [0, 0.05) is 12.6 Å². The summed E-state index contributed by atoms with van der Waals surface area (Å²) in [4.78, 5) is 20.8. The standard InChI is InChI=1S/C12H18N4O2/c1-16-4-2-9(3-5-16)7-13-11-6-10(12(17)18)14-8-15-11/h6,8-9H,2-5,7H2,1H3,(H,17,18)(H,13,14,15). The minimum atomic E-state index is -1.03. The number of carboxylic acid groups (broad SMARTS) is 1. The summed E-state index contributed by atoms with van der Waals surface area (Å²) in [6.07, 6.45) is 3.61. The van der Waals surface area contributed by atoms with E-state index in [-0.39, 0.29) is 5.69 Å². The van der Waals surface area contributed by atoms with Crippen LogP contribution in [0.25, 0.3) is 0 Å². The molecule has 1 saturated heterocycles. The fourth-order valence-corrected chi connectivity index (χ4v) is 2.09. The van der Waals surface area contributed by atoms with Gasteiger partial charge < -0.3 is 15.3 Å². The monoisotopic (exact) mass is 250 g/mol. The van der Waals surface area contributed by atoms with Crippen molar-refractivity contribution in [1.82, 2.24) is 14.9 Å². The van der Waals surface area contributed by atoms with E-state index in [0.717, 1.165) is 19.6 Å². The van der Waals surface area contributed by atoms with Gasteiger partial charge in [0.2, 0.25) is 0 Å². The number of piperidine rings is 1. The molecule has 1 aliphatic rings. The van der Waals surface area contributed by atoms with E-state index in [2.05, 4.69) is 27.2 Å². The first-order chi connectivity index (χ1) is 8.65. The molecule has 98 valence electrons. The lowest BCUT2D eigenvalue weighted by Gasteiger charge is -2.29. The zero-order valence-electron chi connectivity index (χ0n) is 10.5. The molecule has 18 heavy (non-hydrogen) atoms. The first kappa shape index (κ1) is 12.8. The highest BCUT2D eigenvalue weighted by atomic mass is 16.4. The number of likely N-dealkylation sites (tertiary alicyclic amines) is 1. The molecule has 2 heterocycles. The highest BCUT2D eigenvalue weighted by molar-refractivity contribution is 5.85. The van der Waals surface area contributed by atoms with E-state index >= 15 is 0 Å². The maximum Gasteiger partial charge on any atom is 0.354 e. The Labute approximate surface area is 106 Å². The molecule has 1 aliphatic heterocycles. The summed E-state index contributed by atoms with van der Waals surface area (Å²) >= 11 is 0. The number of aromatic carboxylic acids is 1. The van der Waals surface area contributed by atoms with Crippen LogP contribution in [0.4, 0.5) is 5.82 Å². The van der Waals surface area contributed by atoms with Crippen LogP contribution in [0.1, 0.15) is 23.3 Å². The molecule has 0 saturated carbocycles. The number of rotatable bonds is 4. The molecule has 0 aromatic carbocycles. The molecule has 1 aromatic rings. The van der Waals surface area contributed by atoms with Crippen molar-refractivity contribution in [2.24, 2.45) is 5.92 Å². The van der Waals surface area contributed by atoms with Gasteiger partial charge in [-0.25, -0.2) is 14.8 Å². The highest BCUT2D eigenvalue weighted by Gasteiger charge is 2.16. The van der Waals surface area contributed by atoms with Gasteiger partial charge in [0.05, 0.1) is 0 Å². The summed E-state index contributed by atoms with van der Waals surface area (Å²) in [5.74, 6) is 0.186. The third kappa shape index (κ3) is 3.40. The van der Waals surface area contributed by atoms with Crippen molar-refractivity contribution in [1.29, 1.82) is 0 Å². The van der Waals surface area contributed by atoms with Gasteiger partial charge >= 0.3 is 5.97 Å². The largest absolute Gasteiger partial charge is 0.477 e. The van der Waals surface area contributed by atoms with Gasteiger partial charge in [-0.1, -0.05) is 0 Å². The second kappa shape index (κ2) is 5.77. The lowest BCUT2D eigenvalue weighted by Crippen LogP contribution is -2.33. The second-order valence-electron chi connectivity index (χ2n) is 4.72. The van der Waals surface area contributed by atoms with E-state index in [0.29, 0.717) is 11.7 Å². The van der Waals surface area contributed by atoms with Crippen molar-refractivity contribution < 1.29 is 9.90 Å². The lowest BCUT2D eigenvalue weighted by molar-refractivity contribution is 0.0690. The number of hydrogen-bond acceptors (Lipinski definition) is 5. The Hall–Kier alpha value is -1.69. The smallest absolute Gasteiger partial charge is 0.354 e. The molecule has 0 radical (unpaired) electrons. The zero-order chi connectivity index (χ0) is 13.0. The Kier molecular flexibility index (Phi) is 4.09. The minimum Gasteiger partial charge on any atom is -0.477 e. The predicted octanol–water partition coefficient (Wildman–Crippen LogP) is 0.928. The van der Waals surface area contributed by atoms with Crippen LogP contribution < -0.4 is 5.32 Å². The van der Waals surface area contributed by atoms with Crippen LogP contribution in [0.2, 0.25) is 0 Å². The van der Waals surface area contributed by atoms with Crippen LogP contribution in [-0.4, -0.2) is 52.6 Å². The van der Waals surface area contributed by atoms with Gasteiger partial charge in [-0.05, 0) is 38.9 Å². The topological polar surface area (TPSA) is 78.4 Å². The molecule has 1 aromatic heterocycles. The molecule has 2 rings (SSSR count). The van der Waals surface area contributed by atoms with Crippen LogP contribution in [0, 0.1) is 5.92 Å². The molecule has 0 aliphatic carbocycles. The summed E-state index contributed by atoms with van der Waals surface area (Å²) in [6.45, 7) is 3.08. The Morgan fingerprint density at radius 2 is 2.22 bits per heavy atom. The van der Waals surface area contributed by atoms with Crippen LogP contribution in [0.15, 0.2) is 12.4 Å². The Bertz CT molecular complexity index is 416. The average molecular weight is 250 g/mol. The lowest BCUT2D eigenvalue weighted by atomic mass is 9.97. The van der Waals surface area contributed by atoms with E-state index in [4.69, 9.17) is 5.11 Å². The average Bonchev–Trinajstić information content (AvgIpc) is 2.38. The summed E-state index contributed by atoms with van der Waals surface area (Å²) in [5.41, 5.74) is 0.0240. The SMILES string of the molecule is CN1CCC(CNc2cc(C(=O)O)ncn2)CC1. The van der Waals surface area contributed by atoms with Gasteiger partial charge in [0.1, 0.15) is 12.1 Å². The van der Waals surface area contributed by atoms with E-state index in [1.165, 1.54) is 25.2 Å². The van der Waals surface area contributed by atoms with E-state index in [1.54, 1.807) is 0 Å². The van der Waals surface area contributed by atoms with Crippen LogP contribution >= 0.6 is 0 Å². The summed E-state index contributed by atoms with van der Waals surface area (Å²) < 4.78 is 0. The molecule has 0 atom stereocenters. The first-order valence-corrected chi connectivity index (χ1v) is 6.13. The van der Waals surface area contributed by atoms with Gasteiger partial charge in [-0.3, -0.25) is 0 Å².